The fourth-order valence-corrected chi connectivity index (χ4v) is 2.12. The van der Waals surface area contributed by atoms with Crippen molar-refractivity contribution in [3.05, 3.63) is 11.1 Å². The molecule has 1 N–H and O–H groups in total. The van der Waals surface area contributed by atoms with Crippen LogP contribution in [0.25, 0.3) is 0 Å². The van der Waals surface area contributed by atoms with Gasteiger partial charge in [-0.3, -0.25) is 4.79 Å². The van der Waals surface area contributed by atoms with Gasteiger partial charge in [-0.05, 0) is 20.8 Å². The van der Waals surface area contributed by atoms with Crippen molar-refractivity contribution in [2.75, 3.05) is 18.5 Å². The molecule has 1 unspecified atom stereocenters. The molecule has 0 amide bonds. The first-order chi connectivity index (χ1) is 9.06. The topological polar surface area (TPSA) is 77.5 Å². The first-order valence-electron chi connectivity index (χ1n) is 6.10. The lowest BCUT2D eigenvalue weighted by Gasteiger charge is -2.10. The second-order valence-corrected chi connectivity index (χ2v) is 4.60. The molecule has 6 nitrogen and oxygen atoms in total. The number of nitrogens with zero attached hydrogens (tertiary/aromatic N) is 1. The molecular formula is C12H18N2O4S. The normalized spacial score (nSPS) is 11.7. The standard InChI is InChI=1S/C12H18N2O4S/c1-4-17-10(15)6-9-7-19-12(14-9)13-8(3)11(16)18-5-2/h7-8H,4-6H2,1-3H3,(H,13,14). The maximum absolute atomic E-state index is 11.4. The Labute approximate surface area is 116 Å². The Morgan fingerprint density at radius 2 is 2.05 bits per heavy atom. The van der Waals surface area contributed by atoms with E-state index in [9.17, 15) is 9.59 Å². The molecule has 19 heavy (non-hydrogen) atoms. The Balaban J connectivity index is 2.50. The Kier molecular flexibility index (Phi) is 6.27. The van der Waals surface area contributed by atoms with Crippen LogP contribution in [0.2, 0.25) is 0 Å². The van der Waals surface area contributed by atoms with E-state index in [-0.39, 0.29) is 18.4 Å². The number of anilines is 1. The molecule has 0 fully saturated rings. The van der Waals surface area contributed by atoms with Crippen molar-refractivity contribution in [1.29, 1.82) is 0 Å². The van der Waals surface area contributed by atoms with Crippen LogP contribution in [0, 0.1) is 0 Å². The zero-order valence-electron chi connectivity index (χ0n) is 11.3. The highest BCUT2D eigenvalue weighted by molar-refractivity contribution is 7.13. The minimum atomic E-state index is -0.471. The summed E-state index contributed by atoms with van der Waals surface area (Å²) in [5.41, 5.74) is 0.627. The summed E-state index contributed by atoms with van der Waals surface area (Å²) in [4.78, 5) is 26.9. The van der Waals surface area contributed by atoms with E-state index in [2.05, 4.69) is 10.3 Å². The second kappa shape index (κ2) is 7.73. The number of carbonyl (C=O) groups is 2. The summed E-state index contributed by atoms with van der Waals surface area (Å²) in [5.74, 6) is -0.637. The van der Waals surface area contributed by atoms with Crippen LogP contribution in [0.3, 0.4) is 0 Å². The molecule has 0 aliphatic heterocycles. The van der Waals surface area contributed by atoms with Crippen LogP contribution < -0.4 is 5.32 Å². The van der Waals surface area contributed by atoms with E-state index in [0.29, 0.717) is 24.0 Å². The van der Waals surface area contributed by atoms with Crippen molar-refractivity contribution in [2.24, 2.45) is 0 Å². The number of carbonyl (C=O) groups excluding carboxylic acids is 2. The molecule has 0 radical (unpaired) electrons. The van der Waals surface area contributed by atoms with Gasteiger partial charge >= 0.3 is 11.9 Å². The van der Waals surface area contributed by atoms with Crippen LogP contribution in [-0.2, 0) is 25.5 Å². The summed E-state index contributed by atoms with van der Waals surface area (Å²) >= 11 is 1.34. The van der Waals surface area contributed by atoms with E-state index >= 15 is 0 Å². The van der Waals surface area contributed by atoms with Gasteiger partial charge in [0.25, 0.3) is 0 Å². The van der Waals surface area contributed by atoms with Crippen molar-refractivity contribution in [3.63, 3.8) is 0 Å². The van der Waals surface area contributed by atoms with Gasteiger partial charge in [-0.25, -0.2) is 9.78 Å². The molecule has 1 atom stereocenters. The summed E-state index contributed by atoms with van der Waals surface area (Å²) in [6, 6.07) is -0.471. The number of ether oxygens (including phenoxy) is 2. The van der Waals surface area contributed by atoms with E-state index in [1.807, 2.05) is 0 Å². The average molecular weight is 286 g/mol. The lowest BCUT2D eigenvalue weighted by Crippen LogP contribution is -2.28. The zero-order chi connectivity index (χ0) is 14.3. The molecule has 0 saturated carbocycles. The maximum Gasteiger partial charge on any atom is 0.328 e. The molecule has 7 heteroatoms. The summed E-state index contributed by atoms with van der Waals surface area (Å²) in [6.07, 6.45) is 0.139. The number of aromatic nitrogens is 1. The molecule has 1 aromatic heterocycles. The van der Waals surface area contributed by atoms with E-state index in [1.54, 1.807) is 26.2 Å². The fourth-order valence-electron chi connectivity index (χ4n) is 1.33. The minimum Gasteiger partial charge on any atom is -0.466 e. The van der Waals surface area contributed by atoms with Gasteiger partial charge in [0.05, 0.1) is 25.3 Å². The Morgan fingerprint density at radius 1 is 1.37 bits per heavy atom. The summed E-state index contributed by atoms with van der Waals surface area (Å²) in [5, 5.41) is 5.28. The van der Waals surface area contributed by atoms with Gasteiger partial charge < -0.3 is 14.8 Å². The van der Waals surface area contributed by atoms with Crippen molar-refractivity contribution in [2.45, 2.75) is 33.2 Å². The third-order valence-corrected chi connectivity index (χ3v) is 2.98. The summed E-state index contributed by atoms with van der Waals surface area (Å²) in [7, 11) is 0. The molecule has 106 valence electrons. The van der Waals surface area contributed by atoms with Crippen LogP contribution >= 0.6 is 11.3 Å². The third-order valence-electron chi connectivity index (χ3n) is 2.16. The van der Waals surface area contributed by atoms with Crippen molar-refractivity contribution in [3.8, 4) is 0 Å². The molecule has 0 saturated heterocycles. The molecule has 0 aliphatic carbocycles. The Morgan fingerprint density at radius 3 is 2.68 bits per heavy atom. The van der Waals surface area contributed by atoms with E-state index in [1.165, 1.54) is 11.3 Å². The number of hydrogen-bond acceptors (Lipinski definition) is 7. The molecule has 1 heterocycles. The smallest absolute Gasteiger partial charge is 0.328 e. The molecular weight excluding hydrogens is 268 g/mol. The Bertz CT molecular complexity index is 433. The highest BCUT2D eigenvalue weighted by Gasteiger charge is 2.15. The van der Waals surface area contributed by atoms with Gasteiger partial charge in [0, 0.05) is 5.38 Å². The highest BCUT2D eigenvalue weighted by atomic mass is 32.1. The molecule has 1 aromatic rings. The first-order valence-corrected chi connectivity index (χ1v) is 6.98. The van der Waals surface area contributed by atoms with E-state index in [4.69, 9.17) is 9.47 Å². The molecule has 0 aliphatic rings. The Hall–Kier alpha value is -1.63. The van der Waals surface area contributed by atoms with Gasteiger partial charge in [-0.2, -0.15) is 0 Å². The molecule has 0 bridgehead atoms. The number of thiazole rings is 1. The monoisotopic (exact) mass is 286 g/mol. The lowest BCUT2D eigenvalue weighted by atomic mass is 10.3. The lowest BCUT2D eigenvalue weighted by molar-refractivity contribution is -0.144. The van der Waals surface area contributed by atoms with Crippen LogP contribution in [0.4, 0.5) is 5.13 Å². The fraction of sp³-hybridized carbons (Fsp3) is 0.583. The average Bonchev–Trinajstić information content (AvgIpc) is 2.77. The highest BCUT2D eigenvalue weighted by Crippen LogP contribution is 2.17. The van der Waals surface area contributed by atoms with Gasteiger partial charge in [-0.1, -0.05) is 0 Å². The zero-order valence-corrected chi connectivity index (χ0v) is 12.1. The van der Waals surface area contributed by atoms with Gasteiger partial charge in [0.15, 0.2) is 5.13 Å². The number of nitrogens with one attached hydrogen (secondary N) is 1. The largest absolute Gasteiger partial charge is 0.466 e. The maximum atomic E-state index is 11.4. The number of esters is 2. The van der Waals surface area contributed by atoms with Crippen molar-refractivity contribution >= 4 is 28.4 Å². The van der Waals surface area contributed by atoms with Crippen molar-refractivity contribution < 1.29 is 19.1 Å². The molecule has 0 spiro atoms. The van der Waals surface area contributed by atoms with Crippen LogP contribution in [0.15, 0.2) is 5.38 Å². The van der Waals surface area contributed by atoms with E-state index in [0.717, 1.165) is 0 Å². The van der Waals surface area contributed by atoms with Gasteiger partial charge in [0.2, 0.25) is 0 Å². The van der Waals surface area contributed by atoms with Crippen LogP contribution in [0.1, 0.15) is 26.5 Å². The van der Waals surface area contributed by atoms with Crippen molar-refractivity contribution in [1.82, 2.24) is 4.98 Å². The predicted molar refractivity (Wildman–Crippen MR) is 72.2 cm³/mol. The first kappa shape index (κ1) is 15.4. The molecule has 1 rings (SSSR count). The number of hydrogen-bond donors (Lipinski definition) is 1. The van der Waals surface area contributed by atoms with E-state index < -0.39 is 6.04 Å². The quantitative estimate of drug-likeness (QED) is 0.767. The summed E-state index contributed by atoms with van der Waals surface area (Å²) < 4.78 is 9.72. The number of rotatable bonds is 7. The predicted octanol–water partition coefficient (Wildman–Crippen LogP) is 1.61. The summed E-state index contributed by atoms with van der Waals surface area (Å²) in [6.45, 7) is 5.91. The van der Waals surface area contributed by atoms with Crippen LogP contribution in [-0.4, -0.2) is 36.2 Å². The van der Waals surface area contributed by atoms with Crippen LogP contribution in [0.5, 0.6) is 0 Å². The van der Waals surface area contributed by atoms with Gasteiger partial charge in [-0.15, -0.1) is 11.3 Å². The third kappa shape index (κ3) is 5.25. The van der Waals surface area contributed by atoms with Gasteiger partial charge in [0.1, 0.15) is 6.04 Å². The second-order valence-electron chi connectivity index (χ2n) is 3.74. The molecule has 0 aromatic carbocycles. The minimum absolute atomic E-state index is 0.139. The SMILES string of the molecule is CCOC(=O)Cc1csc(NC(C)C(=O)OCC)n1.